The number of nitrogens with one attached hydrogen (secondary N) is 1. The average molecular weight is 185 g/mol. The minimum Gasteiger partial charge on any atom is -0.356 e. The number of rotatable bonds is 4. The summed E-state index contributed by atoms with van der Waals surface area (Å²) in [7, 11) is 0. The lowest BCUT2D eigenvalue weighted by Gasteiger charge is -2.05. The predicted molar refractivity (Wildman–Crippen MR) is 63.2 cm³/mol. The van der Waals surface area contributed by atoms with Gasteiger partial charge < -0.3 is 5.32 Å². The lowest BCUT2D eigenvalue weighted by atomic mass is 10.3. The monoisotopic (exact) mass is 185 g/mol. The molecule has 0 aromatic heterocycles. The highest BCUT2D eigenvalue weighted by molar-refractivity contribution is 5.50. The van der Waals surface area contributed by atoms with Gasteiger partial charge in [0.1, 0.15) is 0 Å². The van der Waals surface area contributed by atoms with Crippen LogP contribution in [-0.4, -0.2) is 0 Å². The van der Waals surface area contributed by atoms with Crippen molar-refractivity contribution >= 4 is 5.69 Å². The van der Waals surface area contributed by atoms with Crippen molar-refractivity contribution in [2.45, 2.75) is 6.92 Å². The van der Waals surface area contributed by atoms with Crippen LogP contribution >= 0.6 is 0 Å². The van der Waals surface area contributed by atoms with Crippen molar-refractivity contribution in [2.24, 2.45) is 0 Å². The maximum absolute atomic E-state index is 3.75. The van der Waals surface area contributed by atoms with E-state index in [1.54, 1.807) is 6.08 Å². The third-order valence-electron chi connectivity index (χ3n) is 1.75. The van der Waals surface area contributed by atoms with Gasteiger partial charge in [0.15, 0.2) is 0 Å². The molecule has 1 aromatic rings. The third-order valence-corrected chi connectivity index (χ3v) is 1.75. The van der Waals surface area contributed by atoms with Crippen molar-refractivity contribution in [2.75, 3.05) is 5.32 Å². The topological polar surface area (TPSA) is 12.0 Å². The van der Waals surface area contributed by atoms with Crippen LogP contribution in [0.1, 0.15) is 6.92 Å². The molecular weight excluding hydrogens is 170 g/mol. The van der Waals surface area contributed by atoms with Gasteiger partial charge in [-0.2, -0.15) is 0 Å². The Morgan fingerprint density at radius 1 is 1.29 bits per heavy atom. The molecule has 0 aliphatic carbocycles. The molecule has 0 aliphatic heterocycles. The third kappa shape index (κ3) is 3.31. The molecular formula is C13H15N. The summed E-state index contributed by atoms with van der Waals surface area (Å²) in [6.45, 7) is 5.73. The molecule has 0 radical (unpaired) electrons. The van der Waals surface area contributed by atoms with E-state index in [-0.39, 0.29) is 0 Å². The highest BCUT2D eigenvalue weighted by atomic mass is 14.9. The largest absolute Gasteiger partial charge is 0.356 e. The fourth-order valence-corrected chi connectivity index (χ4v) is 1.05. The van der Waals surface area contributed by atoms with Crippen LogP contribution in [0.3, 0.4) is 0 Å². The smallest absolute Gasteiger partial charge is 0.0384 e. The van der Waals surface area contributed by atoms with Crippen molar-refractivity contribution in [1.29, 1.82) is 0 Å². The molecule has 0 saturated heterocycles. The Morgan fingerprint density at radius 3 is 2.57 bits per heavy atom. The molecule has 0 aliphatic rings. The Kier molecular flexibility index (Phi) is 4.29. The van der Waals surface area contributed by atoms with Crippen molar-refractivity contribution < 1.29 is 0 Å². The first-order chi connectivity index (χ1) is 6.86. The first kappa shape index (κ1) is 10.3. The van der Waals surface area contributed by atoms with E-state index >= 15 is 0 Å². The van der Waals surface area contributed by atoms with Gasteiger partial charge >= 0.3 is 0 Å². The maximum atomic E-state index is 3.75. The van der Waals surface area contributed by atoms with Crippen LogP contribution in [0.5, 0.6) is 0 Å². The first-order valence-corrected chi connectivity index (χ1v) is 4.64. The second-order valence-electron chi connectivity index (χ2n) is 2.84. The fourth-order valence-electron chi connectivity index (χ4n) is 1.05. The predicted octanol–water partition coefficient (Wildman–Crippen LogP) is 3.74. The fraction of sp³-hybridized carbons (Fsp3) is 0.0769. The summed E-state index contributed by atoms with van der Waals surface area (Å²) in [5, 5.41) is 3.26. The van der Waals surface area contributed by atoms with E-state index in [0.29, 0.717) is 0 Å². The van der Waals surface area contributed by atoms with Crippen LogP contribution < -0.4 is 5.32 Å². The molecule has 14 heavy (non-hydrogen) atoms. The minimum atomic E-state index is 0.995. The van der Waals surface area contributed by atoms with Crippen LogP contribution in [0.15, 0.2) is 66.9 Å². The second kappa shape index (κ2) is 5.81. The lowest BCUT2D eigenvalue weighted by Crippen LogP contribution is -1.95. The molecule has 0 amide bonds. The van der Waals surface area contributed by atoms with Gasteiger partial charge in [-0.15, -0.1) is 0 Å². The Morgan fingerprint density at radius 2 is 2.00 bits per heavy atom. The molecule has 0 atom stereocenters. The van der Waals surface area contributed by atoms with Gasteiger partial charge in [0, 0.05) is 11.4 Å². The van der Waals surface area contributed by atoms with E-state index in [1.807, 2.05) is 55.5 Å². The Labute approximate surface area is 85.5 Å². The number of allylic oxidation sites excluding steroid dienone is 4. The highest BCUT2D eigenvalue weighted by Crippen LogP contribution is 2.09. The molecule has 0 bridgehead atoms. The Balaban J connectivity index is 2.71. The summed E-state index contributed by atoms with van der Waals surface area (Å²) in [5.74, 6) is 0. The van der Waals surface area contributed by atoms with Crippen molar-refractivity contribution in [3.63, 3.8) is 0 Å². The first-order valence-electron chi connectivity index (χ1n) is 4.64. The van der Waals surface area contributed by atoms with Crippen molar-refractivity contribution in [3.05, 3.63) is 66.9 Å². The molecule has 0 unspecified atom stereocenters. The summed E-state index contributed by atoms with van der Waals surface area (Å²) in [6, 6.07) is 10.0. The molecule has 1 N–H and O–H groups in total. The van der Waals surface area contributed by atoms with E-state index in [2.05, 4.69) is 11.9 Å². The zero-order valence-electron chi connectivity index (χ0n) is 8.40. The highest BCUT2D eigenvalue weighted by Gasteiger charge is 1.90. The minimum absolute atomic E-state index is 0.995. The van der Waals surface area contributed by atoms with E-state index in [4.69, 9.17) is 0 Å². The van der Waals surface area contributed by atoms with Crippen molar-refractivity contribution in [1.82, 2.24) is 0 Å². The summed E-state index contributed by atoms with van der Waals surface area (Å²) < 4.78 is 0. The molecule has 1 aromatic carbocycles. The average Bonchev–Trinajstić information content (AvgIpc) is 2.25. The number of benzene rings is 1. The summed E-state index contributed by atoms with van der Waals surface area (Å²) in [5.41, 5.74) is 2.07. The lowest BCUT2D eigenvalue weighted by molar-refractivity contribution is 1.48. The SMILES string of the molecule is C=C/C(=C\C=C/C)Nc1ccccc1. The van der Waals surface area contributed by atoms with Gasteiger partial charge in [0.05, 0.1) is 0 Å². The van der Waals surface area contributed by atoms with E-state index < -0.39 is 0 Å². The normalized spacial score (nSPS) is 11.6. The van der Waals surface area contributed by atoms with E-state index in [1.165, 1.54) is 0 Å². The maximum Gasteiger partial charge on any atom is 0.0384 e. The standard InChI is InChI=1S/C13H15N/c1-3-5-9-12(4-2)14-13-10-7-6-8-11-13/h3-11,14H,2H2,1H3/b5-3-,12-9+. The van der Waals surface area contributed by atoms with Gasteiger partial charge in [0.25, 0.3) is 0 Å². The zero-order valence-corrected chi connectivity index (χ0v) is 8.40. The molecule has 0 spiro atoms. The molecule has 0 heterocycles. The van der Waals surface area contributed by atoms with Crippen LogP contribution in [-0.2, 0) is 0 Å². The van der Waals surface area contributed by atoms with E-state index in [9.17, 15) is 0 Å². The number of hydrogen-bond acceptors (Lipinski definition) is 1. The Hall–Kier alpha value is -1.76. The molecule has 0 fully saturated rings. The van der Waals surface area contributed by atoms with Gasteiger partial charge in [0.2, 0.25) is 0 Å². The van der Waals surface area contributed by atoms with Gasteiger partial charge in [-0.25, -0.2) is 0 Å². The second-order valence-corrected chi connectivity index (χ2v) is 2.84. The van der Waals surface area contributed by atoms with Gasteiger partial charge in [-0.05, 0) is 31.2 Å². The van der Waals surface area contributed by atoms with E-state index in [0.717, 1.165) is 11.4 Å². The van der Waals surface area contributed by atoms with Crippen LogP contribution in [0.4, 0.5) is 5.69 Å². The number of anilines is 1. The summed E-state index contributed by atoms with van der Waals surface area (Å²) in [6.07, 6.45) is 7.75. The molecule has 0 saturated carbocycles. The number of para-hydroxylation sites is 1. The zero-order chi connectivity index (χ0) is 10.2. The van der Waals surface area contributed by atoms with Crippen LogP contribution in [0.2, 0.25) is 0 Å². The van der Waals surface area contributed by atoms with Gasteiger partial charge in [-0.3, -0.25) is 0 Å². The van der Waals surface area contributed by atoms with Crippen molar-refractivity contribution in [3.8, 4) is 0 Å². The van der Waals surface area contributed by atoms with Crippen LogP contribution in [0.25, 0.3) is 0 Å². The molecule has 1 rings (SSSR count). The van der Waals surface area contributed by atoms with Crippen LogP contribution in [0, 0.1) is 0 Å². The molecule has 1 nitrogen and oxygen atoms in total. The molecule has 72 valence electrons. The number of hydrogen-bond donors (Lipinski definition) is 1. The Bertz CT molecular complexity index is 334. The summed E-state index contributed by atoms with van der Waals surface area (Å²) >= 11 is 0. The quantitative estimate of drug-likeness (QED) is 0.704. The molecule has 1 heteroatoms. The summed E-state index contributed by atoms with van der Waals surface area (Å²) in [4.78, 5) is 0. The van der Waals surface area contributed by atoms with Gasteiger partial charge in [-0.1, -0.05) is 36.9 Å².